The fourth-order valence-electron chi connectivity index (χ4n) is 4.12. The van der Waals surface area contributed by atoms with Crippen molar-refractivity contribution in [1.29, 1.82) is 0 Å². The standard InChI is InChI=1S/C18H26N2/c1-13-9-14(2)17-15(11-20(3)16(17)10-13)18(12-19)7-5-4-6-8-18/h9-11H,4-8,12,19H2,1-3H3. The van der Waals surface area contributed by atoms with Gasteiger partial charge in [-0.2, -0.15) is 0 Å². The van der Waals surface area contributed by atoms with Crippen LogP contribution in [0, 0.1) is 13.8 Å². The van der Waals surface area contributed by atoms with Crippen LogP contribution in [0.15, 0.2) is 18.3 Å². The van der Waals surface area contributed by atoms with Gasteiger partial charge in [-0.1, -0.05) is 25.3 Å². The number of fused-ring (bicyclic) bond motifs is 1. The first-order valence-corrected chi connectivity index (χ1v) is 7.84. The molecule has 0 bridgehead atoms. The van der Waals surface area contributed by atoms with Crippen LogP contribution in [-0.4, -0.2) is 11.1 Å². The second-order valence-corrected chi connectivity index (χ2v) is 6.67. The van der Waals surface area contributed by atoms with E-state index >= 15 is 0 Å². The Morgan fingerprint density at radius 3 is 2.50 bits per heavy atom. The van der Waals surface area contributed by atoms with Crippen LogP contribution in [0.25, 0.3) is 10.9 Å². The highest BCUT2D eigenvalue weighted by Gasteiger charge is 2.35. The van der Waals surface area contributed by atoms with E-state index in [-0.39, 0.29) is 5.41 Å². The summed E-state index contributed by atoms with van der Waals surface area (Å²) in [4.78, 5) is 0. The molecule has 2 aromatic rings. The number of rotatable bonds is 2. The lowest BCUT2D eigenvalue weighted by Crippen LogP contribution is -2.37. The average molecular weight is 270 g/mol. The molecular formula is C18H26N2. The number of hydrogen-bond acceptors (Lipinski definition) is 1. The second-order valence-electron chi connectivity index (χ2n) is 6.67. The Labute approximate surface area is 122 Å². The summed E-state index contributed by atoms with van der Waals surface area (Å²) >= 11 is 0. The molecule has 108 valence electrons. The van der Waals surface area contributed by atoms with Gasteiger partial charge >= 0.3 is 0 Å². The first-order chi connectivity index (χ1) is 9.57. The van der Waals surface area contributed by atoms with Crippen molar-refractivity contribution in [3.05, 3.63) is 35.0 Å². The van der Waals surface area contributed by atoms with Gasteiger partial charge in [0.05, 0.1) is 0 Å². The van der Waals surface area contributed by atoms with Crippen LogP contribution in [0.3, 0.4) is 0 Å². The van der Waals surface area contributed by atoms with Gasteiger partial charge in [-0.25, -0.2) is 0 Å². The molecule has 3 rings (SSSR count). The molecule has 0 aliphatic heterocycles. The second kappa shape index (κ2) is 4.92. The van der Waals surface area contributed by atoms with Gasteiger partial charge in [0.2, 0.25) is 0 Å². The molecule has 1 aromatic carbocycles. The van der Waals surface area contributed by atoms with E-state index in [2.05, 4.69) is 43.8 Å². The molecule has 1 saturated carbocycles. The molecule has 1 aliphatic rings. The summed E-state index contributed by atoms with van der Waals surface area (Å²) in [5.41, 5.74) is 12.0. The molecule has 2 heteroatoms. The maximum absolute atomic E-state index is 6.24. The topological polar surface area (TPSA) is 30.9 Å². The van der Waals surface area contributed by atoms with Crippen molar-refractivity contribution in [2.24, 2.45) is 12.8 Å². The molecule has 2 nitrogen and oxygen atoms in total. The fraction of sp³-hybridized carbons (Fsp3) is 0.556. The van der Waals surface area contributed by atoms with Gasteiger partial charge in [-0.05, 0) is 49.4 Å². The van der Waals surface area contributed by atoms with Crippen molar-refractivity contribution in [2.75, 3.05) is 6.54 Å². The molecule has 0 amide bonds. The third-order valence-electron chi connectivity index (χ3n) is 5.20. The summed E-state index contributed by atoms with van der Waals surface area (Å²) in [6, 6.07) is 4.61. The predicted octanol–water partition coefficient (Wildman–Crippen LogP) is 3.96. The first kappa shape index (κ1) is 13.7. The van der Waals surface area contributed by atoms with Crippen LogP contribution >= 0.6 is 0 Å². The molecule has 0 radical (unpaired) electrons. The van der Waals surface area contributed by atoms with Gasteiger partial charge in [0, 0.05) is 36.1 Å². The van der Waals surface area contributed by atoms with Crippen molar-refractivity contribution in [3.63, 3.8) is 0 Å². The van der Waals surface area contributed by atoms with E-state index in [1.807, 2.05) is 0 Å². The highest BCUT2D eigenvalue weighted by atomic mass is 14.9. The number of nitrogens with two attached hydrogens (primary N) is 1. The highest BCUT2D eigenvalue weighted by Crippen LogP contribution is 2.43. The lowest BCUT2D eigenvalue weighted by atomic mass is 9.69. The Hall–Kier alpha value is -1.28. The van der Waals surface area contributed by atoms with E-state index in [9.17, 15) is 0 Å². The maximum Gasteiger partial charge on any atom is 0.0486 e. The zero-order chi connectivity index (χ0) is 14.3. The SMILES string of the molecule is Cc1cc(C)c2c(C3(CN)CCCCC3)cn(C)c2c1. The number of nitrogens with zero attached hydrogens (tertiary/aromatic N) is 1. The number of benzene rings is 1. The summed E-state index contributed by atoms with van der Waals surface area (Å²) in [6.07, 6.45) is 8.84. The fourth-order valence-corrected chi connectivity index (χ4v) is 4.12. The summed E-state index contributed by atoms with van der Waals surface area (Å²) in [5, 5.41) is 1.45. The van der Waals surface area contributed by atoms with E-state index < -0.39 is 0 Å². The van der Waals surface area contributed by atoms with Gasteiger partial charge in [0.25, 0.3) is 0 Å². The molecule has 1 aromatic heterocycles. The minimum absolute atomic E-state index is 0.206. The van der Waals surface area contributed by atoms with Crippen LogP contribution in [0.1, 0.15) is 48.8 Å². The lowest BCUT2D eigenvalue weighted by Gasteiger charge is -2.36. The number of aromatic nitrogens is 1. The molecule has 20 heavy (non-hydrogen) atoms. The quantitative estimate of drug-likeness (QED) is 0.880. The molecule has 0 saturated heterocycles. The monoisotopic (exact) mass is 270 g/mol. The zero-order valence-corrected chi connectivity index (χ0v) is 13.0. The van der Waals surface area contributed by atoms with Gasteiger partial charge in [-0.15, -0.1) is 0 Å². The van der Waals surface area contributed by atoms with Gasteiger partial charge in [0.1, 0.15) is 0 Å². The molecule has 0 spiro atoms. The summed E-state index contributed by atoms with van der Waals surface area (Å²) in [5.74, 6) is 0. The Morgan fingerprint density at radius 1 is 1.15 bits per heavy atom. The van der Waals surface area contributed by atoms with Gasteiger partial charge in [0.15, 0.2) is 0 Å². The van der Waals surface area contributed by atoms with Crippen LogP contribution in [0.2, 0.25) is 0 Å². The Kier molecular flexibility index (Phi) is 3.37. The van der Waals surface area contributed by atoms with Gasteiger partial charge in [-0.3, -0.25) is 0 Å². The van der Waals surface area contributed by atoms with Crippen LogP contribution in [-0.2, 0) is 12.5 Å². The zero-order valence-electron chi connectivity index (χ0n) is 13.0. The minimum Gasteiger partial charge on any atom is -0.350 e. The van der Waals surface area contributed by atoms with E-state index in [1.54, 1.807) is 0 Å². The van der Waals surface area contributed by atoms with Crippen LogP contribution < -0.4 is 5.73 Å². The summed E-state index contributed by atoms with van der Waals surface area (Å²) in [6.45, 7) is 5.20. The van der Waals surface area contributed by atoms with E-state index in [0.29, 0.717) is 0 Å². The van der Waals surface area contributed by atoms with E-state index in [1.165, 1.54) is 59.7 Å². The molecular weight excluding hydrogens is 244 g/mol. The van der Waals surface area contributed by atoms with Crippen LogP contribution in [0.5, 0.6) is 0 Å². The summed E-state index contributed by atoms with van der Waals surface area (Å²) in [7, 11) is 2.16. The van der Waals surface area contributed by atoms with Gasteiger partial charge < -0.3 is 10.3 Å². The predicted molar refractivity (Wildman–Crippen MR) is 86.2 cm³/mol. The third kappa shape index (κ3) is 1.98. The molecule has 0 unspecified atom stereocenters. The van der Waals surface area contributed by atoms with E-state index in [4.69, 9.17) is 5.73 Å². The molecule has 1 heterocycles. The average Bonchev–Trinajstić information content (AvgIpc) is 2.78. The molecule has 2 N–H and O–H groups in total. The summed E-state index contributed by atoms with van der Waals surface area (Å²) < 4.78 is 2.29. The molecule has 1 fully saturated rings. The van der Waals surface area contributed by atoms with Crippen molar-refractivity contribution >= 4 is 10.9 Å². The Balaban J connectivity index is 2.25. The van der Waals surface area contributed by atoms with Crippen molar-refractivity contribution in [3.8, 4) is 0 Å². The van der Waals surface area contributed by atoms with Crippen molar-refractivity contribution in [2.45, 2.75) is 51.4 Å². The Morgan fingerprint density at radius 2 is 1.85 bits per heavy atom. The number of hydrogen-bond donors (Lipinski definition) is 1. The smallest absolute Gasteiger partial charge is 0.0486 e. The largest absolute Gasteiger partial charge is 0.350 e. The number of aryl methyl sites for hydroxylation is 3. The van der Waals surface area contributed by atoms with Crippen molar-refractivity contribution in [1.82, 2.24) is 4.57 Å². The highest BCUT2D eigenvalue weighted by molar-refractivity contribution is 5.89. The van der Waals surface area contributed by atoms with E-state index in [0.717, 1.165) is 6.54 Å². The normalized spacial score (nSPS) is 18.6. The Bertz CT molecular complexity index is 630. The lowest BCUT2D eigenvalue weighted by molar-refractivity contribution is 0.302. The van der Waals surface area contributed by atoms with Crippen LogP contribution in [0.4, 0.5) is 0 Å². The molecule has 0 atom stereocenters. The maximum atomic E-state index is 6.24. The minimum atomic E-state index is 0.206. The third-order valence-corrected chi connectivity index (χ3v) is 5.20. The first-order valence-electron chi connectivity index (χ1n) is 7.84. The molecule has 1 aliphatic carbocycles. The van der Waals surface area contributed by atoms with Crippen molar-refractivity contribution < 1.29 is 0 Å².